The lowest BCUT2D eigenvalue weighted by molar-refractivity contribution is -0.142. The molecule has 0 spiro atoms. The Morgan fingerprint density at radius 2 is 2.10 bits per heavy atom. The van der Waals surface area contributed by atoms with E-state index in [9.17, 15) is 23.1 Å². The number of alkyl halides is 3. The first-order chi connectivity index (χ1) is 14.7. The van der Waals surface area contributed by atoms with E-state index in [0.717, 1.165) is 12.6 Å². The third kappa shape index (κ3) is 4.07. The van der Waals surface area contributed by atoms with E-state index in [4.69, 9.17) is 4.74 Å². The van der Waals surface area contributed by atoms with Gasteiger partial charge in [-0.3, -0.25) is 14.5 Å². The van der Waals surface area contributed by atoms with E-state index in [1.807, 2.05) is 0 Å². The van der Waals surface area contributed by atoms with Gasteiger partial charge in [-0.2, -0.15) is 18.3 Å². The molecule has 31 heavy (non-hydrogen) atoms. The van der Waals surface area contributed by atoms with E-state index in [0.29, 0.717) is 29.5 Å². The molecule has 1 saturated carbocycles. The maximum atomic E-state index is 13.1. The summed E-state index contributed by atoms with van der Waals surface area (Å²) in [6, 6.07) is 7.53. The van der Waals surface area contributed by atoms with Gasteiger partial charge < -0.3 is 15.2 Å². The number of aliphatic hydroxyl groups is 1. The third-order valence-electron chi connectivity index (χ3n) is 5.57. The molecule has 0 aliphatic heterocycles. The van der Waals surface area contributed by atoms with Crippen molar-refractivity contribution in [1.29, 1.82) is 0 Å². The second kappa shape index (κ2) is 7.84. The van der Waals surface area contributed by atoms with Crippen LogP contribution in [0, 0.1) is 0 Å². The van der Waals surface area contributed by atoms with E-state index < -0.39 is 17.4 Å². The number of benzene rings is 1. The summed E-state index contributed by atoms with van der Waals surface area (Å²) >= 11 is 0. The standard InChI is InChI=1S/C21H21F3N4O3/c1-28-17(19(30)26-20(12-29)7-3-8-20)15-10-14(5-6-16(15)27-28)31-11-13-4-2-9-25-18(13)21(22,23)24/h2,4-6,9-10,29H,3,7-8,11-12H2,1H3,(H,26,30). The molecule has 3 aromatic rings. The van der Waals surface area contributed by atoms with E-state index >= 15 is 0 Å². The Labute approximate surface area is 175 Å². The molecule has 0 bridgehead atoms. The number of pyridine rings is 1. The average molecular weight is 434 g/mol. The third-order valence-corrected chi connectivity index (χ3v) is 5.57. The molecule has 2 aromatic heterocycles. The Balaban J connectivity index is 1.59. The number of aryl methyl sites for hydroxylation is 1. The number of hydrogen-bond acceptors (Lipinski definition) is 5. The van der Waals surface area contributed by atoms with Crippen molar-refractivity contribution in [3.05, 3.63) is 53.5 Å². The van der Waals surface area contributed by atoms with E-state index in [1.165, 1.54) is 16.8 Å². The van der Waals surface area contributed by atoms with Crippen LogP contribution in [0.15, 0.2) is 36.5 Å². The van der Waals surface area contributed by atoms with Gasteiger partial charge in [-0.25, -0.2) is 0 Å². The highest BCUT2D eigenvalue weighted by Gasteiger charge is 2.39. The van der Waals surface area contributed by atoms with Crippen molar-refractivity contribution in [2.75, 3.05) is 6.61 Å². The normalized spacial score (nSPS) is 15.5. The number of aromatic nitrogens is 3. The number of amides is 1. The van der Waals surface area contributed by atoms with Crippen molar-refractivity contribution in [2.24, 2.45) is 7.05 Å². The number of aliphatic hydroxyl groups excluding tert-OH is 1. The van der Waals surface area contributed by atoms with Crippen LogP contribution in [-0.2, 0) is 19.8 Å². The van der Waals surface area contributed by atoms with Crippen molar-refractivity contribution in [3.63, 3.8) is 0 Å². The second-order valence-electron chi connectivity index (χ2n) is 7.69. The van der Waals surface area contributed by atoms with Gasteiger partial charge >= 0.3 is 6.18 Å². The van der Waals surface area contributed by atoms with Gasteiger partial charge in [0.15, 0.2) is 5.69 Å². The average Bonchev–Trinajstić information content (AvgIpc) is 3.03. The van der Waals surface area contributed by atoms with Crippen molar-refractivity contribution in [2.45, 2.75) is 37.6 Å². The summed E-state index contributed by atoms with van der Waals surface area (Å²) in [5.74, 6) is -0.0745. The number of halogens is 3. The highest BCUT2D eigenvalue weighted by atomic mass is 19.4. The minimum absolute atomic E-state index is 0.0888. The van der Waals surface area contributed by atoms with Crippen LogP contribution < -0.4 is 10.1 Å². The molecule has 0 atom stereocenters. The number of nitrogens with one attached hydrogen (secondary N) is 1. The molecular weight excluding hydrogens is 413 g/mol. The fourth-order valence-electron chi connectivity index (χ4n) is 3.73. The Hall–Kier alpha value is -3.14. The smallest absolute Gasteiger partial charge is 0.433 e. The van der Waals surface area contributed by atoms with Gasteiger partial charge in [-0.15, -0.1) is 0 Å². The minimum atomic E-state index is -4.58. The fourth-order valence-corrected chi connectivity index (χ4v) is 3.73. The first kappa shape index (κ1) is 21.1. The molecule has 10 heteroatoms. The molecular formula is C21H21F3N4O3. The zero-order chi connectivity index (χ0) is 22.2. The number of rotatable bonds is 6. The molecule has 2 N–H and O–H groups in total. The molecule has 1 fully saturated rings. The summed E-state index contributed by atoms with van der Waals surface area (Å²) in [7, 11) is 1.63. The van der Waals surface area contributed by atoms with E-state index in [-0.39, 0.29) is 30.4 Å². The Kier molecular flexibility index (Phi) is 5.34. The number of carbonyl (C=O) groups is 1. The monoisotopic (exact) mass is 434 g/mol. The Bertz CT molecular complexity index is 1120. The van der Waals surface area contributed by atoms with Gasteiger partial charge in [0.05, 0.1) is 17.7 Å². The van der Waals surface area contributed by atoms with Gasteiger partial charge in [0.1, 0.15) is 18.1 Å². The SMILES string of the molecule is Cn1nc2ccc(OCc3cccnc3C(F)(F)F)cc2c1C(=O)NC1(CO)CCC1. The Morgan fingerprint density at radius 3 is 2.74 bits per heavy atom. The van der Waals surface area contributed by atoms with Gasteiger partial charge in [0.2, 0.25) is 0 Å². The number of ether oxygens (including phenoxy) is 1. The summed E-state index contributed by atoms with van der Waals surface area (Å²) in [4.78, 5) is 16.3. The number of hydrogen-bond donors (Lipinski definition) is 2. The summed E-state index contributed by atoms with van der Waals surface area (Å²) in [6.07, 6.45) is -1.17. The predicted octanol–water partition coefficient (Wildman–Crippen LogP) is 3.21. The minimum Gasteiger partial charge on any atom is -0.489 e. The van der Waals surface area contributed by atoms with Crippen molar-refractivity contribution >= 4 is 16.8 Å². The summed E-state index contributed by atoms with van der Waals surface area (Å²) < 4.78 is 46.4. The molecule has 7 nitrogen and oxygen atoms in total. The zero-order valence-electron chi connectivity index (χ0n) is 16.7. The van der Waals surface area contributed by atoms with Gasteiger partial charge in [-0.05, 0) is 43.5 Å². The van der Waals surface area contributed by atoms with E-state index in [1.54, 1.807) is 25.2 Å². The maximum Gasteiger partial charge on any atom is 0.433 e. The maximum absolute atomic E-state index is 13.1. The van der Waals surface area contributed by atoms with Crippen LogP contribution in [0.25, 0.3) is 10.9 Å². The van der Waals surface area contributed by atoms with Gasteiger partial charge in [0, 0.05) is 24.2 Å². The van der Waals surface area contributed by atoms with Crippen LogP contribution in [0.3, 0.4) is 0 Å². The zero-order valence-corrected chi connectivity index (χ0v) is 16.7. The lowest BCUT2D eigenvalue weighted by atomic mass is 9.77. The molecule has 1 aliphatic rings. The number of fused-ring (bicyclic) bond motifs is 1. The molecule has 2 heterocycles. The van der Waals surface area contributed by atoms with Crippen molar-refractivity contribution in [1.82, 2.24) is 20.1 Å². The predicted molar refractivity (Wildman–Crippen MR) is 105 cm³/mol. The first-order valence-corrected chi connectivity index (χ1v) is 9.76. The summed E-state index contributed by atoms with van der Waals surface area (Å²) in [6.45, 7) is -0.473. The lowest BCUT2D eigenvalue weighted by Gasteiger charge is -2.40. The largest absolute Gasteiger partial charge is 0.489 e. The molecule has 1 aliphatic carbocycles. The summed E-state index contributed by atoms with van der Waals surface area (Å²) in [5.41, 5.74) is -0.862. The first-order valence-electron chi connectivity index (χ1n) is 9.76. The molecule has 0 unspecified atom stereocenters. The van der Waals surface area contributed by atoms with Crippen LogP contribution in [-0.4, -0.2) is 37.9 Å². The highest BCUT2D eigenvalue weighted by Crippen LogP contribution is 2.33. The van der Waals surface area contributed by atoms with Crippen LogP contribution >= 0.6 is 0 Å². The molecule has 4 rings (SSSR count). The van der Waals surface area contributed by atoms with Gasteiger partial charge in [-0.1, -0.05) is 6.07 Å². The number of carbonyl (C=O) groups excluding carboxylic acids is 1. The fraction of sp³-hybridized carbons (Fsp3) is 0.381. The molecule has 0 saturated heterocycles. The second-order valence-corrected chi connectivity index (χ2v) is 7.69. The van der Waals surface area contributed by atoms with Crippen LogP contribution in [0.2, 0.25) is 0 Å². The van der Waals surface area contributed by atoms with Crippen molar-refractivity contribution in [3.8, 4) is 5.75 Å². The van der Waals surface area contributed by atoms with Crippen molar-refractivity contribution < 1.29 is 27.8 Å². The topological polar surface area (TPSA) is 89.3 Å². The lowest BCUT2D eigenvalue weighted by Crippen LogP contribution is -2.56. The molecule has 0 radical (unpaired) electrons. The van der Waals surface area contributed by atoms with E-state index in [2.05, 4.69) is 15.4 Å². The van der Waals surface area contributed by atoms with Crippen LogP contribution in [0.1, 0.15) is 41.0 Å². The number of nitrogens with zero attached hydrogens (tertiary/aromatic N) is 3. The summed E-state index contributed by atoms with van der Waals surface area (Å²) in [5, 5.41) is 17.3. The Morgan fingerprint density at radius 1 is 1.32 bits per heavy atom. The molecule has 1 amide bonds. The molecule has 1 aromatic carbocycles. The molecule has 164 valence electrons. The highest BCUT2D eigenvalue weighted by molar-refractivity contribution is 6.05. The van der Waals surface area contributed by atoms with Crippen LogP contribution in [0.4, 0.5) is 13.2 Å². The quantitative estimate of drug-likeness (QED) is 0.622. The van der Waals surface area contributed by atoms with Crippen LogP contribution in [0.5, 0.6) is 5.75 Å². The van der Waals surface area contributed by atoms with Gasteiger partial charge in [0.25, 0.3) is 5.91 Å².